The molecule has 176 valence electrons. The molecule has 0 heterocycles. The van der Waals surface area contributed by atoms with Gasteiger partial charge in [0.05, 0.1) is 25.9 Å². The lowest BCUT2D eigenvalue weighted by Gasteiger charge is -2.41. The van der Waals surface area contributed by atoms with Gasteiger partial charge >= 0.3 is 11.9 Å². The van der Waals surface area contributed by atoms with Crippen LogP contribution in [0, 0.1) is 0 Å². The van der Waals surface area contributed by atoms with Gasteiger partial charge in [-0.3, -0.25) is 0 Å². The molecule has 0 unspecified atom stereocenters. The van der Waals surface area contributed by atoms with Crippen LogP contribution in [0.3, 0.4) is 0 Å². The van der Waals surface area contributed by atoms with Crippen LogP contribution >= 0.6 is 0 Å². The van der Waals surface area contributed by atoms with E-state index in [1.165, 1.54) is 0 Å². The normalized spacial score (nSPS) is 16.0. The molecule has 3 atom stereocenters. The molecule has 0 rings (SSSR count). The van der Waals surface area contributed by atoms with Gasteiger partial charge in [0.1, 0.15) is 12.2 Å². The molecule has 0 fully saturated rings. The summed E-state index contributed by atoms with van der Waals surface area (Å²) in [5.74, 6) is -1.72. The van der Waals surface area contributed by atoms with Crippen LogP contribution in [0.2, 0.25) is 18.1 Å². The molecule has 7 nitrogen and oxygen atoms in total. The molecule has 0 saturated heterocycles. The van der Waals surface area contributed by atoms with Crippen LogP contribution < -0.4 is 0 Å². The molecule has 0 saturated carbocycles. The smallest absolute Gasteiger partial charge is 0.336 e. The average Bonchev–Trinajstić information content (AvgIpc) is 2.68. The molecule has 0 radical (unpaired) electrons. The van der Waals surface area contributed by atoms with Gasteiger partial charge in [-0.15, -0.1) is 0 Å². The Balaban J connectivity index is 5.67. The van der Waals surface area contributed by atoms with Crippen LogP contribution in [0.25, 0.3) is 0 Å². The average molecular weight is 447 g/mol. The SMILES string of the molecule is CCCCCCC[C@H](O[Si](C)(C)C(C)(C)C)[C@@H](O)[C@H](O)/C(=C/C(=O)OC)C(=O)OC. The lowest BCUT2D eigenvalue weighted by atomic mass is 9.96. The summed E-state index contributed by atoms with van der Waals surface area (Å²) < 4.78 is 15.6. The lowest BCUT2D eigenvalue weighted by Crippen LogP contribution is -2.50. The van der Waals surface area contributed by atoms with Crippen LogP contribution in [0.15, 0.2) is 11.6 Å². The van der Waals surface area contributed by atoms with Crippen molar-refractivity contribution in [3.8, 4) is 0 Å². The van der Waals surface area contributed by atoms with E-state index in [2.05, 4.69) is 50.3 Å². The lowest BCUT2D eigenvalue weighted by molar-refractivity contribution is -0.141. The van der Waals surface area contributed by atoms with Gasteiger partial charge in [-0.1, -0.05) is 59.8 Å². The van der Waals surface area contributed by atoms with Gasteiger partial charge in [0.2, 0.25) is 0 Å². The van der Waals surface area contributed by atoms with Crippen molar-refractivity contribution in [3.05, 3.63) is 11.6 Å². The molecule has 0 aliphatic rings. The zero-order chi connectivity index (χ0) is 23.5. The number of aliphatic hydroxyl groups excluding tert-OH is 2. The van der Waals surface area contributed by atoms with Crippen molar-refractivity contribution < 1.29 is 33.7 Å². The van der Waals surface area contributed by atoms with Crippen LogP contribution in [0.1, 0.15) is 66.2 Å². The van der Waals surface area contributed by atoms with Crippen LogP contribution in [0.5, 0.6) is 0 Å². The minimum Gasteiger partial charge on any atom is -0.466 e. The highest BCUT2D eigenvalue weighted by molar-refractivity contribution is 6.74. The second-order valence-corrected chi connectivity index (χ2v) is 13.9. The summed E-state index contributed by atoms with van der Waals surface area (Å²) in [4.78, 5) is 23.8. The second kappa shape index (κ2) is 13.2. The number of hydrogen-bond acceptors (Lipinski definition) is 7. The molecule has 30 heavy (non-hydrogen) atoms. The summed E-state index contributed by atoms with van der Waals surface area (Å²) in [6.45, 7) is 12.6. The van der Waals surface area contributed by atoms with E-state index in [0.717, 1.165) is 52.4 Å². The Kier molecular flexibility index (Phi) is 12.7. The fraction of sp³-hybridized carbons (Fsp3) is 0.818. The van der Waals surface area contributed by atoms with E-state index in [-0.39, 0.29) is 10.6 Å². The first-order valence-corrected chi connectivity index (χ1v) is 13.6. The maximum absolute atomic E-state index is 12.1. The number of methoxy groups -OCH3 is 2. The van der Waals surface area contributed by atoms with E-state index >= 15 is 0 Å². The fourth-order valence-electron chi connectivity index (χ4n) is 2.76. The first kappa shape index (κ1) is 28.8. The van der Waals surface area contributed by atoms with Gasteiger partial charge in [-0.05, 0) is 24.6 Å². The number of carbonyl (C=O) groups excluding carboxylic acids is 2. The van der Waals surface area contributed by atoms with E-state index in [4.69, 9.17) is 4.43 Å². The van der Waals surface area contributed by atoms with E-state index in [1.54, 1.807) is 0 Å². The number of rotatable bonds is 13. The van der Waals surface area contributed by atoms with Crippen molar-refractivity contribution in [1.82, 2.24) is 0 Å². The quantitative estimate of drug-likeness (QED) is 0.192. The van der Waals surface area contributed by atoms with Gasteiger partial charge < -0.3 is 24.1 Å². The Morgan fingerprint density at radius 2 is 1.57 bits per heavy atom. The molecule has 0 aromatic heterocycles. The zero-order valence-electron chi connectivity index (χ0n) is 20.0. The summed E-state index contributed by atoms with van der Waals surface area (Å²) in [5, 5.41) is 21.6. The van der Waals surface area contributed by atoms with Gasteiger partial charge in [0.15, 0.2) is 8.32 Å². The molecule has 0 aromatic carbocycles. The highest BCUT2D eigenvalue weighted by Gasteiger charge is 2.42. The van der Waals surface area contributed by atoms with Crippen molar-refractivity contribution in [1.29, 1.82) is 0 Å². The van der Waals surface area contributed by atoms with Crippen molar-refractivity contribution >= 4 is 20.3 Å². The van der Waals surface area contributed by atoms with Crippen molar-refractivity contribution in [2.24, 2.45) is 0 Å². The highest BCUT2D eigenvalue weighted by Crippen LogP contribution is 2.38. The molecular formula is C22H42O7Si. The summed E-state index contributed by atoms with van der Waals surface area (Å²) in [6, 6.07) is 0. The first-order valence-electron chi connectivity index (χ1n) is 10.7. The number of hydrogen-bond donors (Lipinski definition) is 2. The predicted molar refractivity (Wildman–Crippen MR) is 120 cm³/mol. The topological polar surface area (TPSA) is 102 Å². The number of carbonyl (C=O) groups is 2. The summed E-state index contributed by atoms with van der Waals surface area (Å²) in [6.07, 6.45) is 2.89. The maximum atomic E-state index is 12.1. The monoisotopic (exact) mass is 446 g/mol. The summed E-state index contributed by atoms with van der Waals surface area (Å²) in [7, 11) is 0.0461. The summed E-state index contributed by atoms with van der Waals surface area (Å²) in [5.41, 5.74) is -0.355. The minimum atomic E-state index is -2.26. The fourth-order valence-corrected chi connectivity index (χ4v) is 4.13. The molecule has 0 spiro atoms. The third-order valence-electron chi connectivity index (χ3n) is 5.76. The number of ether oxygens (including phenoxy) is 2. The number of esters is 2. The maximum Gasteiger partial charge on any atom is 0.336 e. The molecule has 0 aliphatic carbocycles. The molecule has 0 aromatic rings. The van der Waals surface area contributed by atoms with Crippen molar-refractivity contribution in [3.63, 3.8) is 0 Å². The Bertz CT molecular complexity index is 566. The third kappa shape index (κ3) is 9.28. The van der Waals surface area contributed by atoms with E-state index in [1.807, 2.05) is 0 Å². The van der Waals surface area contributed by atoms with E-state index < -0.39 is 38.6 Å². The van der Waals surface area contributed by atoms with Crippen LogP contribution in [0.4, 0.5) is 0 Å². The van der Waals surface area contributed by atoms with E-state index in [0.29, 0.717) is 6.42 Å². The Morgan fingerprint density at radius 3 is 2.03 bits per heavy atom. The Hall–Kier alpha value is -1.22. The van der Waals surface area contributed by atoms with Gasteiger partial charge in [0, 0.05) is 6.08 Å². The third-order valence-corrected chi connectivity index (χ3v) is 10.3. The molecule has 0 aliphatic heterocycles. The molecule has 8 heteroatoms. The largest absolute Gasteiger partial charge is 0.466 e. The minimum absolute atomic E-state index is 0.0921. The molecule has 0 bridgehead atoms. The Labute approximate surface area is 182 Å². The highest BCUT2D eigenvalue weighted by atomic mass is 28.4. The van der Waals surface area contributed by atoms with E-state index in [9.17, 15) is 19.8 Å². The molecule has 2 N–H and O–H groups in total. The van der Waals surface area contributed by atoms with Crippen LogP contribution in [-0.4, -0.2) is 63.0 Å². The van der Waals surface area contributed by atoms with Gasteiger partial charge in [0.25, 0.3) is 0 Å². The predicted octanol–water partition coefficient (Wildman–Crippen LogP) is 3.73. The van der Waals surface area contributed by atoms with Crippen LogP contribution in [-0.2, 0) is 23.5 Å². The number of aliphatic hydroxyl groups is 2. The molecule has 0 amide bonds. The first-order chi connectivity index (χ1) is 13.8. The van der Waals surface area contributed by atoms with Gasteiger partial charge in [-0.2, -0.15) is 0 Å². The number of unbranched alkanes of at least 4 members (excludes halogenated alkanes) is 4. The zero-order valence-corrected chi connectivity index (χ0v) is 21.0. The summed E-state index contributed by atoms with van der Waals surface area (Å²) >= 11 is 0. The second-order valence-electron chi connectivity index (χ2n) is 9.17. The van der Waals surface area contributed by atoms with Crippen molar-refractivity contribution in [2.75, 3.05) is 14.2 Å². The standard InChI is InChI=1S/C22H42O7Si/c1-9-10-11-12-13-14-17(29-30(7,8)22(2,3)4)20(25)19(24)16(21(26)28-6)15-18(23)27-5/h15,17,19-20,24-25H,9-14H2,1-8H3/b16-15-/t17-,19+,20+/m0/s1. The van der Waals surface area contributed by atoms with Crippen molar-refractivity contribution in [2.45, 2.75) is 103 Å². The Morgan fingerprint density at radius 1 is 1.00 bits per heavy atom. The molecular weight excluding hydrogens is 404 g/mol. The van der Waals surface area contributed by atoms with Gasteiger partial charge in [-0.25, -0.2) is 9.59 Å².